The molecule has 0 spiro atoms. The number of fused-ring (bicyclic) bond motifs is 1. The van der Waals surface area contributed by atoms with Crippen LogP contribution in [0.5, 0.6) is 0 Å². The number of aromatic nitrogens is 2. The lowest BCUT2D eigenvalue weighted by Crippen LogP contribution is -1.91. The molecule has 0 aliphatic rings. The van der Waals surface area contributed by atoms with Crippen LogP contribution in [0.4, 0.5) is 0 Å². The molecule has 1 heterocycles. The molecule has 1 aromatic heterocycles. The maximum Gasteiger partial charge on any atom is 0.124 e. The molecule has 0 aliphatic heterocycles. The van der Waals surface area contributed by atoms with Gasteiger partial charge in [-0.15, -0.1) is 0 Å². The highest BCUT2D eigenvalue weighted by molar-refractivity contribution is 9.10. The van der Waals surface area contributed by atoms with Gasteiger partial charge in [-0.05, 0) is 24.6 Å². The van der Waals surface area contributed by atoms with Gasteiger partial charge in [0, 0.05) is 17.9 Å². The van der Waals surface area contributed by atoms with E-state index in [0.29, 0.717) is 6.42 Å². The van der Waals surface area contributed by atoms with E-state index in [2.05, 4.69) is 20.9 Å². The Labute approximate surface area is 96.2 Å². The number of hydrogen-bond donors (Lipinski definition) is 0. The van der Waals surface area contributed by atoms with E-state index in [0.717, 1.165) is 33.2 Å². The van der Waals surface area contributed by atoms with E-state index in [1.807, 2.05) is 30.7 Å². The van der Waals surface area contributed by atoms with Crippen molar-refractivity contribution in [3.8, 4) is 0 Å². The fourth-order valence-electron chi connectivity index (χ4n) is 1.62. The van der Waals surface area contributed by atoms with Gasteiger partial charge < -0.3 is 9.36 Å². The molecule has 0 unspecified atom stereocenters. The minimum absolute atomic E-state index is 0.423. The minimum atomic E-state index is 0.423. The maximum absolute atomic E-state index is 10.5. The number of imidazole rings is 1. The van der Waals surface area contributed by atoms with Crippen LogP contribution in [0.1, 0.15) is 11.4 Å². The molecular weight excluding hydrogens is 256 g/mol. The Morgan fingerprint density at radius 1 is 1.53 bits per heavy atom. The number of carbonyl (C=O) groups is 1. The summed E-state index contributed by atoms with van der Waals surface area (Å²) in [5, 5.41) is 0. The Balaban J connectivity index is 2.70. The lowest BCUT2D eigenvalue weighted by atomic mass is 10.1. The summed E-state index contributed by atoms with van der Waals surface area (Å²) in [5.41, 5.74) is 3.00. The number of benzene rings is 1. The predicted molar refractivity (Wildman–Crippen MR) is 62.9 cm³/mol. The number of rotatable bonds is 2. The third-order valence-corrected chi connectivity index (χ3v) is 3.31. The SMILES string of the molecule is Cc1nc2cc(CC=O)c(Br)cc2n1C. The first-order valence-corrected chi connectivity index (χ1v) is 5.48. The van der Waals surface area contributed by atoms with Crippen molar-refractivity contribution in [2.75, 3.05) is 0 Å². The highest BCUT2D eigenvalue weighted by Crippen LogP contribution is 2.24. The zero-order valence-electron chi connectivity index (χ0n) is 8.62. The summed E-state index contributed by atoms with van der Waals surface area (Å²) in [6.07, 6.45) is 1.33. The van der Waals surface area contributed by atoms with Gasteiger partial charge in [-0.2, -0.15) is 0 Å². The molecule has 0 radical (unpaired) electrons. The zero-order valence-corrected chi connectivity index (χ0v) is 10.2. The van der Waals surface area contributed by atoms with Gasteiger partial charge in [0.1, 0.15) is 12.1 Å². The van der Waals surface area contributed by atoms with E-state index in [1.165, 1.54) is 0 Å². The number of carbonyl (C=O) groups excluding carboxylic acids is 1. The normalized spacial score (nSPS) is 10.9. The maximum atomic E-state index is 10.5. The fourth-order valence-corrected chi connectivity index (χ4v) is 2.12. The van der Waals surface area contributed by atoms with Gasteiger partial charge in [0.25, 0.3) is 0 Å². The molecule has 0 fully saturated rings. The van der Waals surface area contributed by atoms with Crippen molar-refractivity contribution in [1.82, 2.24) is 9.55 Å². The Bertz CT molecular complexity index is 531. The molecule has 3 nitrogen and oxygen atoms in total. The highest BCUT2D eigenvalue weighted by atomic mass is 79.9. The number of nitrogens with zero attached hydrogens (tertiary/aromatic N) is 2. The summed E-state index contributed by atoms with van der Waals surface area (Å²) in [4.78, 5) is 14.9. The van der Waals surface area contributed by atoms with Crippen molar-refractivity contribution < 1.29 is 4.79 Å². The second-order valence-corrected chi connectivity index (χ2v) is 4.38. The van der Waals surface area contributed by atoms with Crippen LogP contribution in [-0.2, 0) is 18.3 Å². The molecule has 15 heavy (non-hydrogen) atoms. The van der Waals surface area contributed by atoms with E-state index in [9.17, 15) is 4.79 Å². The van der Waals surface area contributed by atoms with Crippen molar-refractivity contribution in [2.24, 2.45) is 7.05 Å². The Morgan fingerprint density at radius 3 is 2.93 bits per heavy atom. The minimum Gasteiger partial charge on any atom is -0.331 e. The molecule has 0 atom stereocenters. The number of aldehydes is 1. The molecule has 0 aliphatic carbocycles. The van der Waals surface area contributed by atoms with Gasteiger partial charge in [0.15, 0.2) is 0 Å². The molecule has 1 aromatic carbocycles. The van der Waals surface area contributed by atoms with Crippen LogP contribution in [0, 0.1) is 6.92 Å². The van der Waals surface area contributed by atoms with Crippen molar-refractivity contribution in [3.05, 3.63) is 28.0 Å². The molecule has 0 amide bonds. The van der Waals surface area contributed by atoms with E-state index < -0.39 is 0 Å². The van der Waals surface area contributed by atoms with Crippen LogP contribution in [-0.4, -0.2) is 15.8 Å². The summed E-state index contributed by atoms with van der Waals surface area (Å²) in [6.45, 7) is 1.97. The van der Waals surface area contributed by atoms with Gasteiger partial charge in [0.2, 0.25) is 0 Å². The molecule has 0 saturated carbocycles. The summed E-state index contributed by atoms with van der Waals surface area (Å²) < 4.78 is 3.00. The topological polar surface area (TPSA) is 34.9 Å². The number of halogens is 1. The van der Waals surface area contributed by atoms with Gasteiger partial charge in [-0.25, -0.2) is 4.98 Å². The Morgan fingerprint density at radius 2 is 2.27 bits per heavy atom. The molecule has 78 valence electrons. The second-order valence-electron chi connectivity index (χ2n) is 3.52. The summed E-state index contributed by atoms with van der Waals surface area (Å²) in [7, 11) is 1.98. The van der Waals surface area contributed by atoms with Crippen LogP contribution in [0.25, 0.3) is 11.0 Å². The van der Waals surface area contributed by atoms with Crippen molar-refractivity contribution in [2.45, 2.75) is 13.3 Å². The highest BCUT2D eigenvalue weighted by Gasteiger charge is 2.08. The van der Waals surface area contributed by atoms with E-state index in [-0.39, 0.29) is 0 Å². The molecular formula is C11H11BrN2O. The van der Waals surface area contributed by atoms with E-state index >= 15 is 0 Å². The first-order chi connectivity index (χ1) is 7.13. The molecule has 0 N–H and O–H groups in total. The summed E-state index contributed by atoms with van der Waals surface area (Å²) in [6, 6.07) is 3.97. The molecule has 0 saturated heterocycles. The van der Waals surface area contributed by atoms with Gasteiger partial charge >= 0.3 is 0 Å². The van der Waals surface area contributed by atoms with Crippen molar-refractivity contribution >= 4 is 33.2 Å². The molecule has 2 aromatic rings. The van der Waals surface area contributed by atoms with Crippen LogP contribution < -0.4 is 0 Å². The van der Waals surface area contributed by atoms with Gasteiger partial charge in [-0.3, -0.25) is 0 Å². The van der Waals surface area contributed by atoms with Crippen LogP contribution in [0.3, 0.4) is 0 Å². The lowest BCUT2D eigenvalue weighted by molar-refractivity contribution is -0.107. The van der Waals surface area contributed by atoms with Crippen LogP contribution >= 0.6 is 15.9 Å². The third-order valence-electron chi connectivity index (χ3n) is 2.58. The van der Waals surface area contributed by atoms with Crippen molar-refractivity contribution in [3.63, 3.8) is 0 Å². The standard InChI is InChI=1S/C11H11BrN2O/c1-7-13-10-5-8(3-4-15)9(12)6-11(10)14(7)2/h4-6H,3H2,1-2H3. The Hall–Kier alpha value is -1.16. The quantitative estimate of drug-likeness (QED) is 0.783. The van der Waals surface area contributed by atoms with Crippen LogP contribution in [0.2, 0.25) is 0 Å². The zero-order chi connectivity index (χ0) is 11.0. The molecule has 2 rings (SSSR count). The largest absolute Gasteiger partial charge is 0.331 e. The lowest BCUT2D eigenvalue weighted by Gasteiger charge is -2.01. The van der Waals surface area contributed by atoms with Gasteiger partial charge in [0.05, 0.1) is 11.0 Å². The molecule has 0 bridgehead atoms. The van der Waals surface area contributed by atoms with Crippen LogP contribution in [0.15, 0.2) is 16.6 Å². The first-order valence-electron chi connectivity index (χ1n) is 4.68. The third kappa shape index (κ3) is 1.69. The second kappa shape index (κ2) is 3.77. The Kier molecular flexibility index (Phi) is 2.61. The smallest absolute Gasteiger partial charge is 0.124 e. The van der Waals surface area contributed by atoms with E-state index in [1.54, 1.807) is 0 Å². The van der Waals surface area contributed by atoms with E-state index in [4.69, 9.17) is 0 Å². The number of aryl methyl sites for hydroxylation is 2. The monoisotopic (exact) mass is 266 g/mol. The average molecular weight is 267 g/mol. The summed E-state index contributed by atoms with van der Waals surface area (Å²) in [5.74, 6) is 0.972. The number of hydrogen-bond acceptors (Lipinski definition) is 2. The van der Waals surface area contributed by atoms with Gasteiger partial charge in [-0.1, -0.05) is 15.9 Å². The predicted octanol–water partition coefficient (Wildman–Crippen LogP) is 2.39. The van der Waals surface area contributed by atoms with Crippen molar-refractivity contribution in [1.29, 1.82) is 0 Å². The average Bonchev–Trinajstić information content (AvgIpc) is 2.46. The first kappa shape index (κ1) is 10.4. The molecule has 4 heteroatoms. The fraction of sp³-hybridized carbons (Fsp3) is 0.273. The summed E-state index contributed by atoms with van der Waals surface area (Å²) >= 11 is 3.46.